The molecular weight excluding hydrogens is 334 g/mol. The van der Waals surface area contributed by atoms with Crippen molar-refractivity contribution in [3.05, 3.63) is 29.8 Å². The lowest BCUT2D eigenvalue weighted by molar-refractivity contribution is 0.545. The molecule has 0 aliphatic heterocycles. The SMILES string of the molecule is CC(CCc1ccc(S(=O)(=O)Cl)cc1)NS(=O)(=O)C1CC1. The van der Waals surface area contributed by atoms with Crippen molar-refractivity contribution in [1.82, 2.24) is 4.72 Å². The van der Waals surface area contributed by atoms with Crippen LogP contribution in [0.1, 0.15) is 31.7 Å². The Hall–Kier alpha value is -0.630. The molecule has 1 aliphatic rings. The maximum Gasteiger partial charge on any atom is 0.261 e. The van der Waals surface area contributed by atoms with Gasteiger partial charge in [0.15, 0.2) is 0 Å². The van der Waals surface area contributed by atoms with E-state index in [1.165, 1.54) is 12.1 Å². The first-order valence-corrected chi connectivity index (χ1v) is 10.6. The second-order valence-corrected chi connectivity index (χ2v) is 9.94. The maximum absolute atomic E-state index is 11.8. The molecule has 118 valence electrons. The van der Waals surface area contributed by atoms with E-state index in [4.69, 9.17) is 10.7 Å². The Kier molecular flexibility index (Phi) is 4.97. The molecule has 21 heavy (non-hydrogen) atoms. The number of hydrogen-bond donors (Lipinski definition) is 1. The smallest absolute Gasteiger partial charge is 0.212 e. The lowest BCUT2D eigenvalue weighted by atomic mass is 10.1. The molecule has 1 fully saturated rings. The summed E-state index contributed by atoms with van der Waals surface area (Å²) >= 11 is 0. The van der Waals surface area contributed by atoms with Crippen LogP contribution in [-0.2, 0) is 25.5 Å². The second-order valence-electron chi connectivity index (χ2n) is 5.38. The first-order chi connectivity index (χ1) is 9.68. The van der Waals surface area contributed by atoms with Gasteiger partial charge in [0.05, 0.1) is 10.1 Å². The number of nitrogens with one attached hydrogen (secondary N) is 1. The van der Waals surface area contributed by atoms with Crippen molar-refractivity contribution in [3.8, 4) is 0 Å². The van der Waals surface area contributed by atoms with Gasteiger partial charge in [0, 0.05) is 16.7 Å². The number of benzene rings is 1. The van der Waals surface area contributed by atoms with Crippen LogP contribution in [0.2, 0.25) is 0 Å². The van der Waals surface area contributed by atoms with Crippen LogP contribution < -0.4 is 4.72 Å². The summed E-state index contributed by atoms with van der Waals surface area (Å²) in [5.41, 5.74) is 0.941. The van der Waals surface area contributed by atoms with Gasteiger partial charge in [0.1, 0.15) is 0 Å². The molecule has 0 saturated heterocycles. The molecular formula is C13H18ClNO4S2. The third-order valence-electron chi connectivity index (χ3n) is 3.40. The largest absolute Gasteiger partial charge is 0.261 e. The van der Waals surface area contributed by atoms with Gasteiger partial charge in [-0.15, -0.1) is 0 Å². The van der Waals surface area contributed by atoms with Gasteiger partial charge in [-0.2, -0.15) is 0 Å². The van der Waals surface area contributed by atoms with Crippen molar-refractivity contribution in [1.29, 1.82) is 0 Å². The number of hydrogen-bond acceptors (Lipinski definition) is 4. The fraction of sp³-hybridized carbons (Fsp3) is 0.538. The summed E-state index contributed by atoms with van der Waals surface area (Å²) in [6.07, 6.45) is 2.81. The molecule has 1 atom stereocenters. The summed E-state index contributed by atoms with van der Waals surface area (Å²) in [5.74, 6) is 0. The minimum absolute atomic E-state index is 0.0652. The maximum atomic E-state index is 11.8. The van der Waals surface area contributed by atoms with E-state index in [0.717, 1.165) is 18.4 Å². The fourth-order valence-electron chi connectivity index (χ4n) is 2.02. The molecule has 0 bridgehead atoms. The summed E-state index contributed by atoms with van der Waals surface area (Å²) in [7, 11) is -1.62. The van der Waals surface area contributed by atoms with E-state index in [1.807, 2.05) is 6.92 Å². The van der Waals surface area contributed by atoms with Crippen LogP contribution in [0.25, 0.3) is 0 Å². The van der Waals surface area contributed by atoms with Crippen molar-refractivity contribution < 1.29 is 16.8 Å². The van der Waals surface area contributed by atoms with Crippen molar-refractivity contribution in [3.63, 3.8) is 0 Å². The monoisotopic (exact) mass is 351 g/mol. The highest BCUT2D eigenvalue weighted by atomic mass is 35.7. The van der Waals surface area contributed by atoms with Crippen LogP contribution in [0.5, 0.6) is 0 Å². The Morgan fingerprint density at radius 1 is 1.19 bits per heavy atom. The van der Waals surface area contributed by atoms with Crippen molar-refractivity contribution >= 4 is 29.8 Å². The zero-order chi connectivity index (χ0) is 15.7. The third-order valence-corrected chi connectivity index (χ3v) is 6.85. The topological polar surface area (TPSA) is 80.3 Å². The Bertz CT molecular complexity index is 694. The van der Waals surface area contributed by atoms with E-state index in [0.29, 0.717) is 12.8 Å². The quantitative estimate of drug-likeness (QED) is 0.762. The molecule has 0 radical (unpaired) electrons. The zero-order valence-corrected chi connectivity index (χ0v) is 14.0. The molecule has 0 heterocycles. The minimum Gasteiger partial charge on any atom is -0.212 e. The molecule has 0 aromatic heterocycles. The second kappa shape index (κ2) is 6.24. The number of aryl methyl sites for hydroxylation is 1. The van der Waals surface area contributed by atoms with Crippen LogP contribution in [0, 0.1) is 0 Å². The molecule has 8 heteroatoms. The minimum atomic E-state index is -3.70. The van der Waals surface area contributed by atoms with Crippen LogP contribution in [-0.4, -0.2) is 28.1 Å². The normalized spacial score (nSPS) is 17.6. The summed E-state index contributed by atoms with van der Waals surface area (Å²) in [5, 5.41) is -0.215. The standard InChI is InChI=1S/C13H18ClNO4S2/c1-10(15-21(18,19)13-8-9-13)2-3-11-4-6-12(7-5-11)20(14,16)17/h4-7,10,13,15H,2-3,8-9H2,1H3. The summed E-state index contributed by atoms with van der Waals surface area (Å²) in [6.45, 7) is 1.83. The van der Waals surface area contributed by atoms with Gasteiger partial charge in [0.25, 0.3) is 9.05 Å². The highest BCUT2D eigenvalue weighted by molar-refractivity contribution is 8.13. The van der Waals surface area contributed by atoms with E-state index in [2.05, 4.69) is 4.72 Å². The molecule has 0 amide bonds. The Morgan fingerprint density at radius 2 is 1.76 bits per heavy atom. The van der Waals surface area contributed by atoms with E-state index >= 15 is 0 Å². The third kappa shape index (κ3) is 4.95. The number of halogens is 1. The fourth-order valence-corrected chi connectivity index (χ4v) is 4.41. The Morgan fingerprint density at radius 3 is 2.24 bits per heavy atom. The van der Waals surface area contributed by atoms with Crippen LogP contribution in [0.3, 0.4) is 0 Å². The lowest BCUT2D eigenvalue weighted by Crippen LogP contribution is -2.35. The summed E-state index contributed by atoms with van der Waals surface area (Å²) < 4.78 is 48.5. The van der Waals surface area contributed by atoms with E-state index in [9.17, 15) is 16.8 Å². The molecule has 1 N–H and O–H groups in total. The highest BCUT2D eigenvalue weighted by Crippen LogP contribution is 2.27. The van der Waals surface area contributed by atoms with Gasteiger partial charge in [-0.3, -0.25) is 0 Å². The van der Waals surface area contributed by atoms with Gasteiger partial charge in [-0.05, 0) is 50.3 Å². The number of sulfonamides is 1. The van der Waals surface area contributed by atoms with E-state index < -0.39 is 19.1 Å². The van der Waals surface area contributed by atoms with Crippen LogP contribution in [0.15, 0.2) is 29.2 Å². The molecule has 1 unspecified atom stereocenters. The van der Waals surface area contributed by atoms with Crippen molar-refractivity contribution in [2.24, 2.45) is 0 Å². The predicted molar refractivity (Wildman–Crippen MR) is 82.3 cm³/mol. The van der Waals surface area contributed by atoms with Crippen molar-refractivity contribution in [2.75, 3.05) is 0 Å². The molecule has 0 spiro atoms. The Labute approximate surface area is 130 Å². The van der Waals surface area contributed by atoms with Gasteiger partial charge < -0.3 is 0 Å². The average molecular weight is 352 g/mol. The lowest BCUT2D eigenvalue weighted by Gasteiger charge is -2.13. The molecule has 1 aromatic carbocycles. The van der Waals surface area contributed by atoms with Gasteiger partial charge >= 0.3 is 0 Å². The Balaban J connectivity index is 1.88. The first kappa shape index (κ1) is 16.7. The van der Waals surface area contributed by atoms with E-state index in [-0.39, 0.29) is 16.2 Å². The van der Waals surface area contributed by atoms with Gasteiger partial charge in [-0.1, -0.05) is 12.1 Å². The molecule has 1 aromatic rings. The van der Waals surface area contributed by atoms with E-state index in [1.54, 1.807) is 12.1 Å². The zero-order valence-electron chi connectivity index (χ0n) is 11.6. The van der Waals surface area contributed by atoms with Crippen LogP contribution in [0.4, 0.5) is 0 Å². The molecule has 1 aliphatic carbocycles. The number of rotatable bonds is 7. The summed E-state index contributed by atoms with van der Waals surface area (Å²) in [6, 6.07) is 6.15. The van der Waals surface area contributed by atoms with Crippen molar-refractivity contribution in [2.45, 2.75) is 48.8 Å². The predicted octanol–water partition coefficient (Wildman–Crippen LogP) is 2.02. The van der Waals surface area contributed by atoms with Gasteiger partial charge in [-0.25, -0.2) is 21.6 Å². The molecule has 5 nitrogen and oxygen atoms in total. The highest BCUT2D eigenvalue weighted by Gasteiger charge is 2.36. The molecule has 1 saturated carbocycles. The average Bonchev–Trinajstić information content (AvgIpc) is 3.20. The first-order valence-electron chi connectivity index (χ1n) is 6.73. The van der Waals surface area contributed by atoms with Gasteiger partial charge in [0.2, 0.25) is 10.0 Å². The molecule has 2 rings (SSSR count). The van der Waals surface area contributed by atoms with Crippen LogP contribution >= 0.6 is 10.7 Å². The summed E-state index contributed by atoms with van der Waals surface area (Å²) in [4.78, 5) is 0.0652.